The lowest BCUT2D eigenvalue weighted by molar-refractivity contribution is -0.673. The molecule has 1 aromatic heterocycles. The molecule has 0 aromatic carbocycles. The van der Waals surface area contributed by atoms with Crippen LogP contribution in [0.3, 0.4) is 0 Å². The molecular formula is C14H21N2O3+. The summed E-state index contributed by atoms with van der Waals surface area (Å²) in [7, 11) is 1.67. The Morgan fingerprint density at radius 2 is 2.05 bits per heavy atom. The first-order valence-electron chi connectivity index (χ1n) is 6.58. The summed E-state index contributed by atoms with van der Waals surface area (Å²) in [6.45, 7) is 2.70. The zero-order valence-corrected chi connectivity index (χ0v) is 11.5. The summed E-state index contributed by atoms with van der Waals surface area (Å²) in [6.07, 6.45) is 5.95. The molecule has 0 radical (unpaired) electrons. The molecule has 0 aliphatic heterocycles. The normalized spacial score (nSPS) is 10.2. The lowest BCUT2D eigenvalue weighted by atomic mass is 10.1. The van der Waals surface area contributed by atoms with Crippen molar-refractivity contribution in [3.63, 3.8) is 0 Å². The summed E-state index contributed by atoms with van der Waals surface area (Å²) in [5.41, 5.74) is 0.210. The summed E-state index contributed by atoms with van der Waals surface area (Å²) in [6, 6.07) is 3.05. The maximum atomic E-state index is 12.0. The number of unbranched alkanes of at least 4 members (excludes halogenated alkanes) is 3. The molecule has 1 amide bonds. The fourth-order valence-corrected chi connectivity index (χ4v) is 1.90. The van der Waals surface area contributed by atoms with Crippen molar-refractivity contribution in [2.75, 3.05) is 6.54 Å². The van der Waals surface area contributed by atoms with Crippen LogP contribution in [0.4, 0.5) is 0 Å². The van der Waals surface area contributed by atoms with Crippen LogP contribution >= 0.6 is 0 Å². The number of carbonyl (C=O) groups is 2. The first kappa shape index (κ1) is 15.1. The third kappa shape index (κ3) is 4.35. The Hall–Kier alpha value is -1.91. The van der Waals surface area contributed by atoms with Gasteiger partial charge in [0.15, 0.2) is 6.20 Å². The van der Waals surface area contributed by atoms with Gasteiger partial charge in [0.1, 0.15) is 12.6 Å². The van der Waals surface area contributed by atoms with Gasteiger partial charge in [-0.1, -0.05) is 26.2 Å². The molecule has 0 atom stereocenters. The summed E-state index contributed by atoms with van der Waals surface area (Å²) < 4.78 is 1.53. The summed E-state index contributed by atoms with van der Waals surface area (Å²) in [5.74, 6) is -1.43. The molecule has 5 heteroatoms. The zero-order valence-electron chi connectivity index (χ0n) is 11.5. The summed E-state index contributed by atoms with van der Waals surface area (Å²) in [5, 5.41) is 11.9. The number of amides is 1. The number of rotatable bonds is 7. The lowest BCUT2D eigenvalue weighted by Gasteiger charge is -2.05. The molecule has 104 valence electrons. The first-order chi connectivity index (χ1) is 9.07. The van der Waals surface area contributed by atoms with Crippen LogP contribution < -0.4 is 9.88 Å². The fraction of sp³-hybridized carbons (Fsp3) is 0.500. The van der Waals surface area contributed by atoms with Gasteiger partial charge in [0, 0.05) is 12.6 Å². The van der Waals surface area contributed by atoms with Crippen molar-refractivity contribution in [2.24, 2.45) is 7.05 Å². The quantitative estimate of drug-likeness (QED) is 0.580. The van der Waals surface area contributed by atoms with E-state index in [0.717, 1.165) is 25.7 Å². The smallest absolute Gasteiger partial charge is 0.342 e. The molecular weight excluding hydrogens is 244 g/mol. The van der Waals surface area contributed by atoms with Crippen LogP contribution in [0.15, 0.2) is 18.3 Å². The molecule has 0 aliphatic carbocycles. The van der Waals surface area contributed by atoms with E-state index in [9.17, 15) is 9.59 Å². The molecule has 19 heavy (non-hydrogen) atoms. The van der Waals surface area contributed by atoms with Crippen molar-refractivity contribution < 1.29 is 19.3 Å². The Kier molecular flexibility index (Phi) is 5.99. The minimum absolute atomic E-state index is 0.0241. The second kappa shape index (κ2) is 7.51. The van der Waals surface area contributed by atoms with E-state index in [1.165, 1.54) is 10.6 Å². The number of aryl methyl sites for hydroxylation is 1. The minimum atomic E-state index is -1.09. The number of carboxylic acids is 1. The molecule has 1 rings (SSSR count). The molecule has 1 aromatic rings. The average Bonchev–Trinajstić information content (AvgIpc) is 2.37. The zero-order chi connectivity index (χ0) is 14.3. The van der Waals surface area contributed by atoms with Gasteiger partial charge in [-0.3, -0.25) is 4.79 Å². The van der Waals surface area contributed by atoms with E-state index in [1.54, 1.807) is 19.3 Å². The standard InChI is InChI=1S/C14H20N2O3/c1-3-4-5-6-9-15-13(17)12-11(14(18)19)8-7-10-16(12)2/h7-8,10H,3-6,9H2,1-2H3,(H-,15,17,18,19)/p+1. The highest BCUT2D eigenvalue weighted by molar-refractivity contribution is 6.02. The third-order valence-electron chi connectivity index (χ3n) is 2.94. The fourth-order valence-electron chi connectivity index (χ4n) is 1.90. The molecule has 0 spiro atoms. The van der Waals surface area contributed by atoms with Crippen molar-refractivity contribution >= 4 is 11.9 Å². The predicted molar refractivity (Wildman–Crippen MR) is 71.1 cm³/mol. The number of nitrogens with zero attached hydrogens (tertiary/aromatic N) is 1. The highest BCUT2D eigenvalue weighted by atomic mass is 16.4. The molecule has 0 bridgehead atoms. The largest absolute Gasteiger partial charge is 0.477 e. The van der Waals surface area contributed by atoms with Crippen LogP contribution in [-0.2, 0) is 7.05 Å². The van der Waals surface area contributed by atoms with Gasteiger partial charge < -0.3 is 10.4 Å². The Morgan fingerprint density at radius 1 is 1.32 bits per heavy atom. The van der Waals surface area contributed by atoms with Gasteiger partial charge in [-0.15, -0.1) is 0 Å². The molecule has 0 unspecified atom stereocenters. The van der Waals surface area contributed by atoms with Gasteiger partial charge in [0.25, 0.3) is 5.69 Å². The van der Waals surface area contributed by atoms with Crippen LogP contribution in [0.5, 0.6) is 0 Å². The Balaban J connectivity index is 2.68. The Labute approximate surface area is 113 Å². The maximum absolute atomic E-state index is 12.0. The van der Waals surface area contributed by atoms with Gasteiger partial charge in [-0.05, 0) is 12.5 Å². The third-order valence-corrected chi connectivity index (χ3v) is 2.94. The van der Waals surface area contributed by atoms with E-state index in [0.29, 0.717) is 6.54 Å². The van der Waals surface area contributed by atoms with Crippen molar-refractivity contribution in [3.05, 3.63) is 29.6 Å². The number of pyridine rings is 1. The van der Waals surface area contributed by atoms with Crippen molar-refractivity contribution in [2.45, 2.75) is 32.6 Å². The Morgan fingerprint density at radius 3 is 2.68 bits per heavy atom. The number of nitrogens with one attached hydrogen (secondary N) is 1. The highest BCUT2D eigenvalue weighted by Gasteiger charge is 2.25. The van der Waals surface area contributed by atoms with E-state index in [1.807, 2.05) is 0 Å². The van der Waals surface area contributed by atoms with Gasteiger partial charge >= 0.3 is 11.9 Å². The Bertz CT molecular complexity index is 458. The summed E-state index contributed by atoms with van der Waals surface area (Å²) >= 11 is 0. The van der Waals surface area contributed by atoms with E-state index < -0.39 is 5.97 Å². The molecule has 0 fully saturated rings. The summed E-state index contributed by atoms with van der Waals surface area (Å²) in [4.78, 5) is 23.1. The van der Waals surface area contributed by atoms with Gasteiger partial charge in [-0.2, -0.15) is 4.57 Å². The minimum Gasteiger partial charge on any atom is -0.477 e. The second-order valence-electron chi connectivity index (χ2n) is 4.50. The van der Waals surface area contributed by atoms with Crippen molar-refractivity contribution in [1.82, 2.24) is 5.32 Å². The number of aromatic carboxylic acids is 1. The van der Waals surface area contributed by atoms with E-state index >= 15 is 0 Å². The van der Waals surface area contributed by atoms with E-state index in [4.69, 9.17) is 5.11 Å². The van der Waals surface area contributed by atoms with Gasteiger partial charge in [0.05, 0.1) is 0 Å². The van der Waals surface area contributed by atoms with Crippen LogP contribution in [0.25, 0.3) is 0 Å². The molecule has 0 saturated heterocycles. The lowest BCUT2D eigenvalue weighted by Crippen LogP contribution is -2.42. The number of carboxylic acid groups (broad SMARTS) is 1. The number of hydrogen-bond donors (Lipinski definition) is 2. The van der Waals surface area contributed by atoms with Crippen LogP contribution in [0, 0.1) is 0 Å². The maximum Gasteiger partial charge on any atom is 0.342 e. The van der Waals surface area contributed by atoms with Crippen LogP contribution in [0.2, 0.25) is 0 Å². The van der Waals surface area contributed by atoms with Crippen LogP contribution in [-0.4, -0.2) is 23.5 Å². The van der Waals surface area contributed by atoms with E-state index in [-0.39, 0.29) is 17.2 Å². The van der Waals surface area contributed by atoms with Gasteiger partial charge in [-0.25, -0.2) is 4.79 Å². The SMILES string of the molecule is CCCCCCNC(=O)c1c(C(=O)O)ccc[n+]1C. The predicted octanol–water partition coefficient (Wildman–Crippen LogP) is 1.52. The topological polar surface area (TPSA) is 70.3 Å². The molecule has 0 aliphatic rings. The number of hydrogen-bond acceptors (Lipinski definition) is 2. The van der Waals surface area contributed by atoms with Crippen molar-refractivity contribution in [1.29, 1.82) is 0 Å². The first-order valence-corrected chi connectivity index (χ1v) is 6.58. The second-order valence-corrected chi connectivity index (χ2v) is 4.50. The molecule has 2 N–H and O–H groups in total. The molecule has 1 heterocycles. The number of aromatic nitrogens is 1. The monoisotopic (exact) mass is 265 g/mol. The van der Waals surface area contributed by atoms with Gasteiger partial charge in [0.2, 0.25) is 0 Å². The highest BCUT2D eigenvalue weighted by Crippen LogP contribution is 2.04. The van der Waals surface area contributed by atoms with Crippen molar-refractivity contribution in [3.8, 4) is 0 Å². The van der Waals surface area contributed by atoms with Crippen LogP contribution in [0.1, 0.15) is 53.5 Å². The molecule has 0 saturated carbocycles. The van der Waals surface area contributed by atoms with E-state index in [2.05, 4.69) is 12.2 Å². The average molecular weight is 265 g/mol. The number of carbonyl (C=O) groups excluding carboxylic acids is 1. The molecule has 5 nitrogen and oxygen atoms in total.